The van der Waals surface area contributed by atoms with Crippen LogP contribution in [0.3, 0.4) is 0 Å². The van der Waals surface area contributed by atoms with Crippen molar-refractivity contribution in [3.05, 3.63) is 48.0 Å². The smallest absolute Gasteiger partial charge is 0.350 e. The molecule has 1 heterocycles. The van der Waals surface area contributed by atoms with Gasteiger partial charge in [0.25, 0.3) is 0 Å². The molecule has 2 rings (SSSR count). The van der Waals surface area contributed by atoms with Crippen molar-refractivity contribution >= 4 is 5.97 Å². The predicted molar refractivity (Wildman–Crippen MR) is 81.7 cm³/mol. The molecule has 4 heteroatoms. The molecule has 0 aromatic heterocycles. The van der Waals surface area contributed by atoms with Crippen molar-refractivity contribution in [1.82, 2.24) is 4.90 Å². The Hall–Kier alpha value is -1.65. The van der Waals surface area contributed by atoms with Gasteiger partial charge in [-0.1, -0.05) is 35.9 Å². The summed E-state index contributed by atoms with van der Waals surface area (Å²) in [5.41, 5.74) is 2.25. The van der Waals surface area contributed by atoms with Crippen LogP contribution in [0.2, 0.25) is 0 Å². The van der Waals surface area contributed by atoms with E-state index in [1.54, 1.807) is 6.92 Å². The number of rotatable bonds is 6. The van der Waals surface area contributed by atoms with Crippen LogP contribution in [0, 0.1) is 0 Å². The summed E-state index contributed by atoms with van der Waals surface area (Å²) in [4.78, 5) is 14.1. The molecule has 4 nitrogen and oxygen atoms in total. The second-order valence-electron chi connectivity index (χ2n) is 5.31. The molecule has 1 aromatic carbocycles. The largest absolute Gasteiger partial charge is 0.463 e. The Balaban J connectivity index is 2.16. The maximum absolute atomic E-state index is 12.1. The van der Waals surface area contributed by atoms with E-state index < -0.39 is 6.23 Å². The number of nitrogens with zero attached hydrogens (tertiary/aromatic N) is 1. The van der Waals surface area contributed by atoms with Gasteiger partial charge in [-0.3, -0.25) is 4.90 Å². The molecular formula is C17H23NO3. The first-order valence-electron chi connectivity index (χ1n) is 7.36. The zero-order chi connectivity index (χ0) is 15.2. The molecule has 0 spiro atoms. The maximum Gasteiger partial charge on any atom is 0.350 e. The summed E-state index contributed by atoms with van der Waals surface area (Å²) in [7, 11) is 0. The molecule has 0 aliphatic carbocycles. The van der Waals surface area contributed by atoms with Gasteiger partial charge in [0.05, 0.1) is 19.3 Å². The topological polar surface area (TPSA) is 38.8 Å². The lowest BCUT2D eigenvalue weighted by Gasteiger charge is -2.27. The minimum atomic E-state index is -0.616. The van der Waals surface area contributed by atoms with Crippen molar-refractivity contribution in [3.63, 3.8) is 0 Å². The van der Waals surface area contributed by atoms with Gasteiger partial charge in [0.2, 0.25) is 6.23 Å². The normalized spacial score (nSPS) is 22.2. The summed E-state index contributed by atoms with van der Waals surface area (Å²) in [6.07, 6.45) is 0.220. The van der Waals surface area contributed by atoms with Gasteiger partial charge in [0, 0.05) is 6.54 Å². The number of esters is 1. The van der Waals surface area contributed by atoms with Crippen LogP contribution in [-0.4, -0.2) is 36.9 Å². The van der Waals surface area contributed by atoms with Gasteiger partial charge in [0.1, 0.15) is 0 Å². The van der Waals surface area contributed by atoms with E-state index in [0.29, 0.717) is 13.2 Å². The number of carbonyl (C=O) groups excluding carboxylic acids is 1. The third-order valence-corrected chi connectivity index (χ3v) is 3.58. The predicted octanol–water partition coefficient (Wildman–Crippen LogP) is 2.92. The molecular weight excluding hydrogens is 266 g/mol. The SMILES string of the molecule is C=C(C)CCN1[C@@H](c2ccccc2)CO[C@H]1C(=O)OCC. The lowest BCUT2D eigenvalue weighted by atomic mass is 10.1. The van der Waals surface area contributed by atoms with Crippen LogP contribution < -0.4 is 0 Å². The summed E-state index contributed by atoms with van der Waals surface area (Å²) in [5, 5.41) is 0. The van der Waals surface area contributed by atoms with Gasteiger partial charge in [-0.25, -0.2) is 4.79 Å². The van der Waals surface area contributed by atoms with Gasteiger partial charge in [0.15, 0.2) is 0 Å². The van der Waals surface area contributed by atoms with Crippen LogP contribution in [0.1, 0.15) is 31.9 Å². The van der Waals surface area contributed by atoms with E-state index in [-0.39, 0.29) is 12.0 Å². The Bertz CT molecular complexity index is 486. The first-order chi connectivity index (χ1) is 10.1. The van der Waals surface area contributed by atoms with Crippen molar-refractivity contribution in [2.45, 2.75) is 32.5 Å². The average molecular weight is 289 g/mol. The Kier molecular flexibility index (Phi) is 5.53. The van der Waals surface area contributed by atoms with Crippen molar-refractivity contribution in [1.29, 1.82) is 0 Å². The molecule has 0 saturated carbocycles. The highest BCUT2D eigenvalue weighted by Gasteiger charge is 2.40. The molecule has 1 saturated heterocycles. The van der Waals surface area contributed by atoms with E-state index in [1.807, 2.05) is 25.1 Å². The van der Waals surface area contributed by atoms with Gasteiger partial charge in [-0.2, -0.15) is 0 Å². The Labute approximate surface area is 126 Å². The minimum absolute atomic E-state index is 0.0833. The fraction of sp³-hybridized carbons (Fsp3) is 0.471. The molecule has 21 heavy (non-hydrogen) atoms. The summed E-state index contributed by atoms with van der Waals surface area (Å²) in [6.45, 7) is 9.34. The second kappa shape index (κ2) is 7.38. The monoisotopic (exact) mass is 289 g/mol. The van der Waals surface area contributed by atoms with E-state index >= 15 is 0 Å². The molecule has 1 aliphatic rings. The zero-order valence-electron chi connectivity index (χ0n) is 12.7. The van der Waals surface area contributed by atoms with Crippen molar-refractivity contribution in [2.24, 2.45) is 0 Å². The maximum atomic E-state index is 12.1. The summed E-state index contributed by atoms with van der Waals surface area (Å²) in [5.74, 6) is -0.308. The Morgan fingerprint density at radius 2 is 2.14 bits per heavy atom. The minimum Gasteiger partial charge on any atom is -0.463 e. The van der Waals surface area contributed by atoms with Crippen LogP contribution in [0.15, 0.2) is 42.5 Å². The number of hydrogen-bond donors (Lipinski definition) is 0. The molecule has 0 amide bonds. The summed E-state index contributed by atoms with van der Waals surface area (Å²) >= 11 is 0. The van der Waals surface area contributed by atoms with Crippen LogP contribution in [0.4, 0.5) is 0 Å². The van der Waals surface area contributed by atoms with Crippen LogP contribution in [0.25, 0.3) is 0 Å². The first kappa shape index (κ1) is 15.7. The highest BCUT2D eigenvalue weighted by Crippen LogP contribution is 2.31. The third-order valence-electron chi connectivity index (χ3n) is 3.58. The van der Waals surface area contributed by atoms with Crippen LogP contribution >= 0.6 is 0 Å². The van der Waals surface area contributed by atoms with Gasteiger partial charge >= 0.3 is 5.97 Å². The fourth-order valence-electron chi connectivity index (χ4n) is 2.51. The molecule has 0 N–H and O–H groups in total. The Morgan fingerprint density at radius 1 is 1.43 bits per heavy atom. The average Bonchev–Trinajstić information content (AvgIpc) is 2.90. The van der Waals surface area contributed by atoms with Gasteiger partial charge in [-0.15, -0.1) is 6.58 Å². The molecule has 1 aromatic rings. The van der Waals surface area contributed by atoms with Crippen LogP contribution in [0.5, 0.6) is 0 Å². The molecule has 2 atom stereocenters. The van der Waals surface area contributed by atoms with E-state index in [4.69, 9.17) is 9.47 Å². The van der Waals surface area contributed by atoms with E-state index in [2.05, 4.69) is 23.6 Å². The zero-order valence-corrected chi connectivity index (χ0v) is 12.7. The molecule has 0 radical (unpaired) electrons. The molecule has 1 aliphatic heterocycles. The second-order valence-corrected chi connectivity index (χ2v) is 5.31. The number of carbonyl (C=O) groups is 1. The van der Waals surface area contributed by atoms with Crippen molar-refractivity contribution in [2.75, 3.05) is 19.8 Å². The van der Waals surface area contributed by atoms with Gasteiger partial charge < -0.3 is 9.47 Å². The first-order valence-corrected chi connectivity index (χ1v) is 7.36. The lowest BCUT2D eigenvalue weighted by Crippen LogP contribution is -2.40. The fourth-order valence-corrected chi connectivity index (χ4v) is 2.51. The highest BCUT2D eigenvalue weighted by molar-refractivity contribution is 5.74. The molecule has 1 fully saturated rings. The third kappa shape index (κ3) is 3.93. The standard InChI is InChI=1S/C17H23NO3/c1-4-20-17(19)16-18(11-10-13(2)3)15(12-21-16)14-8-6-5-7-9-14/h5-9,15-16H,2,4,10-12H2,1,3H3/t15-,16+/m1/s1. The molecule has 0 bridgehead atoms. The van der Waals surface area contributed by atoms with E-state index in [9.17, 15) is 4.79 Å². The van der Waals surface area contributed by atoms with Gasteiger partial charge in [-0.05, 0) is 25.8 Å². The number of hydrogen-bond acceptors (Lipinski definition) is 4. The molecule has 114 valence electrons. The highest BCUT2D eigenvalue weighted by atomic mass is 16.6. The summed E-state index contributed by atoms with van der Waals surface area (Å²) in [6, 6.07) is 10.2. The number of ether oxygens (including phenoxy) is 2. The quantitative estimate of drug-likeness (QED) is 0.596. The Morgan fingerprint density at radius 3 is 2.76 bits per heavy atom. The number of benzene rings is 1. The van der Waals surface area contributed by atoms with Crippen LogP contribution in [-0.2, 0) is 14.3 Å². The van der Waals surface area contributed by atoms with Crippen molar-refractivity contribution in [3.8, 4) is 0 Å². The molecule has 0 unspecified atom stereocenters. The lowest BCUT2D eigenvalue weighted by molar-refractivity contribution is -0.161. The van der Waals surface area contributed by atoms with Crippen molar-refractivity contribution < 1.29 is 14.3 Å². The van der Waals surface area contributed by atoms with E-state index in [0.717, 1.165) is 24.1 Å². The van der Waals surface area contributed by atoms with E-state index in [1.165, 1.54) is 0 Å². The summed E-state index contributed by atoms with van der Waals surface area (Å²) < 4.78 is 10.8.